The largest absolute Gasteiger partial charge is 0.344 e. The highest BCUT2D eigenvalue weighted by Gasteiger charge is 2.28. The lowest BCUT2D eigenvalue weighted by atomic mass is 10.1. The van der Waals surface area contributed by atoms with Crippen molar-refractivity contribution in [2.45, 2.75) is 13.3 Å². The third-order valence-electron chi connectivity index (χ3n) is 3.38. The Morgan fingerprint density at radius 2 is 1.67 bits per heavy atom. The van der Waals surface area contributed by atoms with Crippen molar-refractivity contribution in [2.24, 2.45) is 0 Å². The second-order valence-corrected chi connectivity index (χ2v) is 5.16. The SMILES string of the molecule is CCc1ccccc1Nc1c([N+](=O)[O-])cc(C(=O)Cl)cc1[N+](=O)[O-]. The van der Waals surface area contributed by atoms with E-state index in [0.717, 1.165) is 17.7 Å². The molecule has 2 aromatic rings. The van der Waals surface area contributed by atoms with Crippen molar-refractivity contribution in [3.05, 3.63) is 67.8 Å². The van der Waals surface area contributed by atoms with E-state index in [-0.39, 0.29) is 11.3 Å². The number of nitrogens with one attached hydrogen (secondary N) is 1. The third kappa shape index (κ3) is 3.49. The molecule has 1 N–H and O–H groups in total. The molecule has 0 atom stereocenters. The molecule has 0 spiro atoms. The molecule has 24 heavy (non-hydrogen) atoms. The molecule has 0 radical (unpaired) electrons. The molecule has 2 aromatic carbocycles. The number of halogens is 1. The van der Waals surface area contributed by atoms with Gasteiger partial charge in [0.05, 0.1) is 9.85 Å². The molecule has 2 rings (SSSR count). The van der Waals surface area contributed by atoms with Gasteiger partial charge in [-0.05, 0) is 29.7 Å². The Hall–Kier alpha value is -3.00. The monoisotopic (exact) mass is 349 g/mol. The van der Waals surface area contributed by atoms with Crippen molar-refractivity contribution in [3.63, 3.8) is 0 Å². The summed E-state index contributed by atoms with van der Waals surface area (Å²) in [6.45, 7) is 1.89. The zero-order valence-electron chi connectivity index (χ0n) is 12.5. The first kappa shape index (κ1) is 17.4. The molecular formula is C15H12ClN3O5. The predicted octanol–water partition coefficient (Wildman–Crippen LogP) is 4.19. The Labute approximate surface area is 141 Å². The van der Waals surface area contributed by atoms with Gasteiger partial charge in [0.25, 0.3) is 5.24 Å². The van der Waals surface area contributed by atoms with Gasteiger partial charge in [0.2, 0.25) is 0 Å². The molecule has 0 saturated carbocycles. The molecule has 0 aliphatic carbocycles. The minimum atomic E-state index is -1.01. The molecule has 0 heterocycles. The van der Waals surface area contributed by atoms with Crippen molar-refractivity contribution < 1.29 is 14.6 Å². The number of carbonyl (C=O) groups excluding carboxylic acids is 1. The van der Waals surface area contributed by atoms with Crippen molar-refractivity contribution in [3.8, 4) is 0 Å². The first-order chi connectivity index (χ1) is 11.3. The summed E-state index contributed by atoms with van der Waals surface area (Å²) >= 11 is 5.31. The van der Waals surface area contributed by atoms with Crippen LogP contribution < -0.4 is 5.32 Å². The summed E-state index contributed by atoms with van der Waals surface area (Å²) < 4.78 is 0. The summed E-state index contributed by atoms with van der Waals surface area (Å²) in [5.41, 5.74) is -0.468. The van der Waals surface area contributed by atoms with Crippen LogP contribution in [0.25, 0.3) is 0 Å². The third-order valence-corrected chi connectivity index (χ3v) is 3.59. The zero-order chi connectivity index (χ0) is 17.9. The van der Waals surface area contributed by atoms with Crippen LogP contribution in [0.1, 0.15) is 22.8 Å². The number of aryl methyl sites for hydroxylation is 1. The number of rotatable bonds is 6. The molecule has 0 amide bonds. The van der Waals surface area contributed by atoms with Gasteiger partial charge in [-0.1, -0.05) is 25.1 Å². The fourth-order valence-electron chi connectivity index (χ4n) is 2.23. The van der Waals surface area contributed by atoms with E-state index in [1.54, 1.807) is 24.3 Å². The molecule has 8 nitrogen and oxygen atoms in total. The Bertz CT molecular complexity index is 803. The van der Waals surface area contributed by atoms with Crippen molar-refractivity contribution in [2.75, 3.05) is 5.32 Å². The van der Waals surface area contributed by atoms with Gasteiger partial charge in [0.1, 0.15) is 0 Å². The number of benzene rings is 2. The van der Waals surface area contributed by atoms with Crippen molar-refractivity contribution in [1.29, 1.82) is 0 Å². The number of hydrogen-bond donors (Lipinski definition) is 1. The molecule has 0 bridgehead atoms. The number of nitrogens with zero attached hydrogens (tertiary/aromatic N) is 2. The van der Waals surface area contributed by atoms with E-state index in [9.17, 15) is 25.0 Å². The fraction of sp³-hybridized carbons (Fsp3) is 0.133. The van der Waals surface area contributed by atoms with Crippen molar-refractivity contribution in [1.82, 2.24) is 0 Å². The van der Waals surface area contributed by atoms with Crippen LogP contribution in [-0.4, -0.2) is 15.1 Å². The highest BCUT2D eigenvalue weighted by Crippen LogP contribution is 2.38. The summed E-state index contributed by atoms with van der Waals surface area (Å²) in [6, 6.07) is 8.79. The van der Waals surface area contributed by atoms with Gasteiger partial charge < -0.3 is 5.32 Å². The molecule has 0 aliphatic heterocycles. The lowest BCUT2D eigenvalue weighted by Crippen LogP contribution is -2.05. The second-order valence-electron chi connectivity index (χ2n) is 4.81. The molecule has 9 heteroatoms. The maximum absolute atomic E-state index is 11.3. The summed E-state index contributed by atoms with van der Waals surface area (Å²) in [5.74, 6) is 0. The number of nitro groups is 2. The van der Waals surface area contributed by atoms with E-state index in [1.165, 1.54) is 0 Å². The summed E-state index contributed by atoms with van der Waals surface area (Å²) in [6.07, 6.45) is 0.628. The minimum Gasteiger partial charge on any atom is -0.344 e. The van der Waals surface area contributed by atoms with Crippen LogP contribution in [-0.2, 0) is 6.42 Å². The lowest BCUT2D eigenvalue weighted by Gasteiger charge is -2.12. The standard InChI is InChI=1S/C15H12ClN3O5/c1-2-9-5-3-4-6-11(9)17-14-12(18(21)22)7-10(15(16)20)8-13(14)19(23)24/h3-8,17H,2H2,1H3. The lowest BCUT2D eigenvalue weighted by molar-refractivity contribution is -0.392. The smallest absolute Gasteiger partial charge is 0.300 e. The van der Waals surface area contributed by atoms with Gasteiger partial charge in [0.15, 0.2) is 5.69 Å². The maximum atomic E-state index is 11.3. The average Bonchev–Trinajstić information content (AvgIpc) is 2.54. The minimum absolute atomic E-state index is 0.299. The van der Waals surface area contributed by atoms with Crippen LogP contribution in [0, 0.1) is 20.2 Å². The van der Waals surface area contributed by atoms with Crippen LogP contribution in [0.5, 0.6) is 0 Å². The quantitative estimate of drug-likeness (QED) is 0.475. The van der Waals surface area contributed by atoms with Crippen LogP contribution >= 0.6 is 11.6 Å². The van der Waals surface area contributed by atoms with Crippen LogP contribution in [0.2, 0.25) is 0 Å². The molecule has 0 saturated heterocycles. The number of carbonyl (C=O) groups is 1. The van der Waals surface area contributed by atoms with Gasteiger partial charge in [0, 0.05) is 23.4 Å². The molecule has 0 aromatic heterocycles. The number of hydrogen-bond acceptors (Lipinski definition) is 6. The highest BCUT2D eigenvalue weighted by molar-refractivity contribution is 6.67. The topological polar surface area (TPSA) is 115 Å². The van der Waals surface area contributed by atoms with E-state index in [0.29, 0.717) is 12.1 Å². The average molecular weight is 350 g/mol. The summed E-state index contributed by atoms with van der Waals surface area (Å²) in [5, 5.41) is 24.3. The van der Waals surface area contributed by atoms with Gasteiger partial charge in [-0.15, -0.1) is 0 Å². The van der Waals surface area contributed by atoms with E-state index in [4.69, 9.17) is 11.6 Å². The molecular weight excluding hydrogens is 338 g/mol. The summed E-state index contributed by atoms with van der Waals surface area (Å²) in [4.78, 5) is 32.3. The van der Waals surface area contributed by atoms with Gasteiger partial charge >= 0.3 is 11.4 Å². The molecule has 0 aliphatic rings. The van der Waals surface area contributed by atoms with Gasteiger partial charge in [-0.25, -0.2) is 0 Å². The first-order valence-corrected chi connectivity index (χ1v) is 7.24. The van der Waals surface area contributed by atoms with E-state index >= 15 is 0 Å². The zero-order valence-corrected chi connectivity index (χ0v) is 13.2. The Kier molecular flexibility index (Phi) is 5.10. The fourth-order valence-corrected chi connectivity index (χ4v) is 2.34. The second kappa shape index (κ2) is 7.05. The molecule has 0 fully saturated rings. The summed E-state index contributed by atoms with van der Waals surface area (Å²) in [7, 11) is 0. The Morgan fingerprint density at radius 3 is 2.12 bits per heavy atom. The van der Waals surface area contributed by atoms with Gasteiger partial charge in [-0.3, -0.25) is 25.0 Å². The van der Waals surface area contributed by atoms with Gasteiger partial charge in [-0.2, -0.15) is 0 Å². The van der Waals surface area contributed by atoms with Crippen LogP contribution in [0.3, 0.4) is 0 Å². The van der Waals surface area contributed by atoms with Crippen LogP contribution in [0.15, 0.2) is 36.4 Å². The molecule has 0 unspecified atom stereocenters. The van der Waals surface area contributed by atoms with Crippen molar-refractivity contribution >= 4 is 39.6 Å². The number of para-hydroxylation sites is 1. The molecule has 124 valence electrons. The maximum Gasteiger partial charge on any atom is 0.300 e. The Balaban J connectivity index is 2.69. The van der Waals surface area contributed by atoms with E-state index in [2.05, 4.69) is 5.32 Å². The normalized spacial score (nSPS) is 10.2. The van der Waals surface area contributed by atoms with E-state index < -0.39 is 26.5 Å². The number of nitro benzene ring substituents is 2. The highest BCUT2D eigenvalue weighted by atomic mass is 35.5. The predicted molar refractivity (Wildman–Crippen MR) is 89.0 cm³/mol. The van der Waals surface area contributed by atoms with E-state index in [1.807, 2.05) is 6.92 Å². The number of anilines is 2. The Morgan fingerprint density at radius 1 is 1.12 bits per heavy atom. The van der Waals surface area contributed by atoms with Crippen LogP contribution in [0.4, 0.5) is 22.7 Å². The first-order valence-electron chi connectivity index (χ1n) is 6.86.